The molecule has 180 valence electrons. The van der Waals surface area contributed by atoms with Crippen molar-refractivity contribution in [2.45, 2.75) is 44.4 Å². The summed E-state index contributed by atoms with van der Waals surface area (Å²) in [5.74, 6) is 1.09. The third-order valence-corrected chi connectivity index (χ3v) is 7.95. The van der Waals surface area contributed by atoms with Crippen molar-refractivity contribution in [3.63, 3.8) is 0 Å². The van der Waals surface area contributed by atoms with E-state index in [0.29, 0.717) is 24.7 Å². The standard InChI is InChI=1S/C25H29N3O5S/c1-17-18(2)33-25(26-17)19-8-11-21(12-9-19)27-24(29)20-10-13-22(32-3)23(16-20)34(30,31)28-14-6-4-5-7-15-28/h8-13,16H,4-7,14-15H2,1-3H3,(H,27,29). The average Bonchev–Trinajstić information content (AvgIpc) is 3.02. The smallest absolute Gasteiger partial charge is 0.255 e. The van der Waals surface area contributed by atoms with E-state index in [1.165, 1.54) is 23.5 Å². The van der Waals surface area contributed by atoms with Gasteiger partial charge in [0.15, 0.2) is 0 Å². The van der Waals surface area contributed by atoms with Gasteiger partial charge < -0.3 is 14.5 Å². The molecule has 8 nitrogen and oxygen atoms in total. The highest BCUT2D eigenvalue weighted by Crippen LogP contribution is 2.30. The van der Waals surface area contributed by atoms with Crippen LogP contribution in [0.15, 0.2) is 51.8 Å². The number of nitrogens with zero attached hydrogens (tertiary/aromatic N) is 2. The molecule has 1 aromatic heterocycles. The van der Waals surface area contributed by atoms with Crippen molar-refractivity contribution in [2.75, 3.05) is 25.5 Å². The Morgan fingerprint density at radius 2 is 1.71 bits per heavy atom. The zero-order chi connectivity index (χ0) is 24.3. The predicted octanol–water partition coefficient (Wildman–Crippen LogP) is 4.78. The molecule has 1 N–H and O–H groups in total. The van der Waals surface area contributed by atoms with E-state index >= 15 is 0 Å². The van der Waals surface area contributed by atoms with E-state index in [-0.39, 0.29) is 16.2 Å². The van der Waals surface area contributed by atoms with Crippen molar-refractivity contribution in [2.24, 2.45) is 0 Å². The normalized spacial score (nSPS) is 15.0. The first-order valence-electron chi connectivity index (χ1n) is 11.3. The maximum Gasteiger partial charge on any atom is 0.255 e. The first-order chi connectivity index (χ1) is 16.3. The number of carbonyl (C=O) groups is 1. The lowest BCUT2D eigenvalue weighted by molar-refractivity contribution is 0.102. The number of nitrogens with one attached hydrogen (secondary N) is 1. The fourth-order valence-electron chi connectivity index (χ4n) is 3.94. The van der Waals surface area contributed by atoms with Crippen molar-refractivity contribution in [3.05, 3.63) is 59.5 Å². The Morgan fingerprint density at radius 1 is 1.03 bits per heavy atom. The van der Waals surface area contributed by atoms with Gasteiger partial charge >= 0.3 is 0 Å². The minimum atomic E-state index is -3.78. The minimum absolute atomic E-state index is 0.00883. The topological polar surface area (TPSA) is 102 Å². The van der Waals surface area contributed by atoms with Gasteiger partial charge in [0, 0.05) is 29.9 Å². The van der Waals surface area contributed by atoms with Crippen LogP contribution in [0.4, 0.5) is 5.69 Å². The van der Waals surface area contributed by atoms with Crippen LogP contribution >= 0.6 is 0 Å². The van der Waals surface area contributed by atoms with E-state index in [1.807, 2.05) is 26.0 Å². The van der Waals surface area contributed by atoms with Crippen molar-refractivity contribution < 1.29 is 22.4 Å². The van der Waals surface area contributed by atoms with Crippen LogP contribution in [-0.2, 0) is 10.0 Å². The number of oxazole rings is 1. The second-order valence-corrected chi connectivity index (χ2v) is 10.3. The zero-order valence-corrected chi connectivity index (χ0v) is 20.4. The number of anilines is 1. The maximum absolute atomic E-state index is 13.4. The molecule has 0 aliphatic carbocycles. The van der Waals surface area contributed by atoms with Gasteiger partial charge in [-0.3, -0.25) is 4.79 Å². The van der Waals surface area contributed by atoms with Crippen LogP contribution in [0.3, 0.4) is 0 Å². The third-order valence-electron chi connectivity index (χ3n) is 6.03. The summed E-state index contributed by atoms with van der Waals surface area (Å²) >= 11 is 0. The second kappa shape index (κ2) is 9.99. The molecule has 1 saturated heterocycles. The number of carbonyl (C=O) groups excluding carboxylic acids is 1. The highest BCUT2D eigenvalue weighted by Gasteiger charge is 2.29. The Kier molecular flexibility index (Phi) is 7.04. The zero-order valence-electron chi connectivity index (χ0n) is 19.6. The molecule has 34 heavy (non-hydrogen) atoms. The molecule has 2 aromatic carbocycles. The number of methoxy groups -OCH3 is 1. The number of rotatable bonds is 6. The van der Waals surface area contributed by atoms with Gasteiger partial charge in [-0.05, 0) is 69.2 Å². The first-order valence-corrected chi connectivity index (χ1v) is 12.8. The molecule has 1 amide bonds. The summed E-state index contributed by atoms with van der Waals surface area (Å²) < 4.78 is 39.2. The van der Waals surface area contributed by atoms with Crippen LogP contribution in [0.5, 0.6) is 5.75 Å². The highest BCUT2D eigenvalue weighted by molar-refractivity contribution is 7.89. The number of aryl methyl sites for hydroxylation is 2. The number of benzene rings is 2. The number of hydrogen-bond donors (Lipinski definition) is 1. The summed E-state index contributed by atoms with van der Waals surface area (Å²) in [6.07, 6.45) is 3.67. The van der Waals surface area contributed by atoms with Gasteiger partial charge in [0.25, 0.3) is 5.91 Å². The summed E-state index contributed by atoms with van der Waals surface area (Å²) in [6, 6.07) is 11.6. The predicted molar refractivity (Wildman–Crippen MR) is 130 cm³/mol. The molecule has 0 bridgehead atoms. The fraction of sp³-hybridized carbons (Fsp3) is 0.360. The van der Waals surface area contributed by atoms with Crippen LogP contribution in [-0.4, -0.2) is 43.8 Å². The molecule has 3 aromatic rings. The summed E-state index contributed by atoms with van der Waals surface area (Å²) in [4.78, 5) is 17.3. The molecule has 4 rings (SSSR count). The Hall–Kier alpha value is -3.17. The highest BCUT2D eigenvalue weighted by atomic mass is 32.2. The van der Waals surface area contributed by atoms with Crippen LogP contribution in [0.1, 0.15) is 47.5 Å². The third kappa shape index (κ3) is 5.00. The van der Waals surface area contributed by atoms with Crippen molar-refractivity contribution in [1.82, 2.24) is 9.29 Å². The van der Waals surface area contributed by atoms with Gasteiger partial charge in [0.05, 0.1) is 12.8 Å². The van der Waals surface area contributed by atoms with E-state index < -0.39 is 15.9 Å². The molecular weight excluding hydrogens is 454 g/mol. The lowest BCUT2D eigenvalue weighted by atomic mass is 10.1. The Morgan fingerprint density at radius 3 is 2.29 bits per heavy atom. The second-order valence-electron chi connectivity index (χ2n) is 8.38. The van der Waals surface area contributed by atoms with Crippen molar-refractivity contribution >= 4 is 21.6 Å². The monoisotopic (exact) mass is 483 g/mol. The van der Waals surface area contributed by atoms with Gasteiger partial charge in [-0.1, -0.05) is 12.8 Å². The van der Waals surface area contributed by atoms with Crippen LogP contribution in [0.25, 0.3) is 11.5 Å². The van der Waals surface area contributed by atoms with Gasteiger partial charge in [0.1, 0.15) is 16.4 Å². The molecule has 0 unspecified atom stereocenters. The maximum atomic E-state index is 13.4. The van der Waals surface area contributed by atoms with E-state index in [9.17, 15) is 13.2 Å². The fourth-order valence-corrected chi connectivity index (χ4v) is 5.63. The lowest BCUT2D eigenvalue weighted by Crippen LogP contribution is -2.32. The SMILES string of the molecule is COc1ccc(C(=O)Nc2ccc(-c3nc(C)c(C)o3)cc2)cc1S(=O)(=O)N1CCCCCC1. The molecule has 0 radical (unpaired) electrons. The molecule has 1 fully saturated rings. The van der Waals surface area contributed by atoms with Crippen molar-refractivity contribution in [1.29, 1.82) is 0 Å². The molecule has 2 heterocycles. The average molecular weight is 484 g/mol. The molecule has 0 saturated carbocycles. The number of ether oxygens (including phenoxy) is 1. The number of sulfonamides is 1. The van der Waals surface area contributed by atoms with Crippen LogP contribution in [0.2, 0.25) is 0 Å². The van der Waals surface area contributed by atoms with E-state index in [1.54, 1.807) is 18.2 Å². The number of hydrogen-bond acceptors (Lipinski definition) is 6. The largest absolute Gasteiger partial charge is 0.495 e. The van der Waals surface area contributed by atoms with Gasteiger partial charge in [-0.2, -0.15) is 4.31 Å². The molecule has 0 spiro atoms. The number of amides is 1. The Bertz CT molecular complexity index is 1250. The molecular formula is C25H29N3O5S. The van der Waals surface area contributed by atoms with Gasteiger partial charge in [0.2, 0.25) is 15.9 Å². The molecule has 9 heteroatoms. The van der Waals surface area contributed by atoms with Gasteiger partial charge in [-0.15, -0.1) is 0 Å². The summed E-state index contributed by atoms with van der Waals surface area (Å²) in [5, 5.41) is 2.82. The summed E-state index contributed by atoms with van der Waals surface area (Å²) in [6.45, 7) is 4.68. The van der Waals surface area contributed by atoms with Crippen LogP contribution in [0, 0.1) is 13.8 Å². The van der Waals surface area contributed by atoms with E-state index in [2.05, 4.69) is 10.3 Å². The van der Waals surface area contributed by atoms with Gasteiger partial charge in [-0.25, -0.2) is 13.4 Å². The molecule has 1 aliphatic rings. The number of aromatic nitrogens is 1. The summed E-state index contributed by atoms with van der Waals surface area (Å²) in [7, 11) is -2.36. The molecule has 0 atom stereocenters. The Balaban J connectivity index is 1.55. The Labute approximate surface area is 200 Å². The quantitative estimate of drug-likeness (QED) is 0.541. The minimum Gasteiger partial charge on any atom is -0.495 e. The van der Waals surface area contributed by atoms with E-state index in [4.69, 9.17) is 9.15 Å². The lowest BCUT2D eigenvalue weighted by Gasteiger charge is -2.21. The summed E-state index contributed by atoms with van der Waals surface area (Å²) in [5.41, 5.74) is 2.43. The first kappa shape index (κ1) is 24.0. The van der Waals surface area contributed by atoms with E-state index in [0.717, 1.165) is 42.7 Å². The molecule has 1 aliphatic heterocycles. The van der Waals surface area contributed by atoms with Crippen molar-refractivity contribution in [3.8, 4) is 17.2 Å². The van der Waals surface area contributed by atoms with Crippen LogP contribution < -0.4 is 10.1 Å².